The number of hydrogen-bond acceptors (Lipinski definition) is 2. The van der Waals surface area contributed by atoms with E-state index in [0.29, 0.717) is 6.04 Å². The Morgan fingerprint density at radius 3 is 2.68 bits per heavy atom. The first-order valence-corrected chi connectivity index (χ1v) is 7.42. The molecule has 1 aromatic carbocycles. The van der Waals surface area contributed by atoms with Crippen LogP contribution in [0.5, 0.6) is 5.75 Å². The highest BCUT2D eigenvalue weighted by molar-refractivity contribution is 5.41. The highest BCUT2D eigenvalue weighted by Gasteiger charge is 2.35. The van der Waals surface area contributed by atoms with Crippen molar-refractivity contribution in [2.75, 3.05) is 6.54 Å². The molecule has 1 N–H and O–H groups in total. The fourth-order valence-corrected chi connectivity index (χ4v) is 2.63. The van der Waals surface area contributed by atoms with E-state index in [2.05, 4.69) is 58.1 Å². The van der Waals surface area contributed by atoms with Gasteiger partial charge in [-0.25, -0.2) is 0 Å². The summed E-state index contributed by atoms with van der Waals surface area (Å²) in [6.45, 7) is 12.2. The zero-order valence-corrected chi connectivity index (χ0v) is 12.9. The average molecular weight is 261 g/mol. The molecule has 2 nitrogen and oxygen atoms in total. The molecule has 106 valence electrons. The predicted molar refractivity (Wildman–Crippen MR) is 80.7 cm³/mol. The molecular weight excluding hydrogens is 234 g/mol. The molecule has 0 saturated carbocycles. The van der Waals surface area contributed by atoms with Gasteiger partial charge in [0.05, 0.1) is 0 Å². The van der Waals surface area contributed by atoms with Gasteiger partial charge in [-0.2, -0.15) is 0 Å². The highest BCUT2D eigenvalue weighted by atomic mass is 16.5. The second-order valence-electron chi connectivity index (χ2n) is 6.76. The number of ether oxygens (including phenoxy) is 1. The zero-order valence-electron chi connectivity index (χ0n) is 12.9. The molecule has 1 aliphatic rings. The maximum atomic E-state index is 6.22. The Kier molecular flexibility index (Phi) is 4.19. The molecule has 19 heavy (non-hydrogen) atoms. The number of hydrogen-bond donors (Lipinski definition) is 1. The van der Waals surface area contributed by atoms with Crippen LogP contribution < -0.4 is 10.1 Å². The molecule has 0 radical (unpaired) electrons. The molecule has 0 bridgehead atoms. The molecule has 1 aliphatic heterocycles. The van der Waals surface area contributed by atoms with Gasteiger partial charge >= 0.3 is 0 Å². The van der Waals surface area contributed by atoms with E-state index in [-0.39, 0.29) is 11.5 Å². The van der Waals surface area contributed by atoms with Crippen molar-refractivity contribution in [2.24, 2.45) is 5.41 Å². The Labute approximate surface area is 117 Å². The molecule has 0 aromatic heterocycles. The smallest absolute Gasteiger partial charge is 0.124 e. The van der Waals surface area contributed by atoms with Crippen LogP contribution in [0.25, 0.3) is 0 Å². The van der Waals surface area contributed by atoms with E-state index in [1.807, 2.05) is 0 Å². The van der Waals surface area contributed by atoms with E-state index in [0.717, 1.165) is 18.7 Å². The summed E-state index contributed by atoms with van der Waals surface area (Å²) < 4.78 is 6.22. The summed E-state index contributed by atoms with van der Waals surface area (Å²) in [5, 5.41) is 3.68. The number of fused-ring (bicyclic) bond motifs is 1. The van der Waals surface area contributed by atoms with Gasteiger partial charge in [0, 0.05) is 18.0 Å². The van der Waals surface area contributed by atoms with Gasteiger partial charge in [-0.1, -0.05) is 45.4 Å². The van der Waals surface area contributed by atoms with Crippen molar-refractivity contribution in [2.45, 2.75) is 59.6 Å². The lowest BCUT2D eigenvalue weighted by molar-refractivity contribution is 0.0529. The van der Waals surface area contributed by atoms with Crippen molar-refractivity contribution in [3.05, 3.63) is 29.3 Å². The van der Waals surface area contributed by atoms with Gasteiger partial charge in [-0.05, 0) is 31.4 Å². The first-order valence-electron chi connectivity index (χ1n) is 7.42. The van der Waals surface area contributed by atoms with Crippen LogP contribution in [0, 0.1) is 12.3 Å². The van der Waals surface area contributed by atoms with Crippen molar-refractivity contribution in [3.63, 3.8) is 0 Å². The minimum atomic E-state index is 0.175. The van der Waals surface area contributed by atoms with Crippen molar-refractivity contribution in [1.29, 1.82) is 0 Å². The lowest BCUT2D eigenvalue weighted by atomic mass is 9.81. The lowest BCUT2D eigenvalue weighted by Gasteiger charge is -2.39. The normalized spacial score (nSPS) is 22.8. The molecule has 0 fully saturated rings. The third-order valence-corrected chi connectivity index (χ3v) is 3.87. The third-order valence-electron chi connectivity index (χ3n) is 3.87. The standard InChI is InChI=1S/C17H27NO/c1-6-9-18-14-11-16(17(3,4)5)19-15-8-7-12(2)10-13(14)15/h7-8,10,14,16,18H,6,9,11H2,1-5H3. The molecule has 1 heterocycles. The van der Waals surface area contributed by atoms with Gasteiger partial charge in [0.25, 0.3) is 0 Å². The van der Waals surface area contributed by atoms with E-state index in [9.17, 15) is 0 Å². The third kappa shape index (κ3) is 3.30. The summed E-state index contributed by atoms with van der Waals surface area (Å²) in [5.41, 5.74) is 2.81. The zero-order chi connectivity index (χ0) is 14.0. The first kappa shape index (κ1) is 14.4. The Bertz CT molecular complexity index is 433. The highest BCUT2D eigenvalue weighted by Crippen LogP contribution is 2.40. The largest absolute Gasteiger partial charge is 0.489 e. The van der Waals surface area contributed by atoms with Gasteiger partial charge in [0.2, 0.25) is 0 Å². The van der Waals surface area contributed by atoms with Crippen molar-refractivity contribution in [3.8, 4) is 5.75 Å². The van der Waals surface area contributed by atoms with Crippen molar-refractivity contribution >= 4 is 0 Å². The van der Waals surface area contributed by atoms with Gasteiger partial charge in [0.15, 0.2) is 0 Å². The van der Waals surface area contributed by atoms with Crippen molar-refractivity contribution < 1.29 is 4.74 Å². The average Bonchev–Trinajstić information content (AvgIpc) is 2.34. The Morgan fingerprint density at radius 2 is 2.05 bits per heavy atom. The molecule has 2 unspecified atom stereocenters. The van der Waals surface area contributed by atoms with Crippen molar-refractivity contribution in [1.82, 2.24) is 5.32 Å². The van der Waals surface area contributed by atoms with Crippen LogP contribution >= 0.6 is 0 Å². The summed E-state index contributed by atoms with van der Waals surface area (Å²) in [5.74, 6) is 1.06. The fraction of sp³-hybridized carbons (Fsp3) is 0.647. The van der Waals surface area contributed by atoms with E-state index < -0.39 is 0 Å². The quantitative estimate of drug-likeness (QED) is 0.879. The number of nitrogens with one attached hydrogen (secondary N) is 1. The van der Waals surface area contributed by atoms with Crippen LogP contribution in [0.15, 0.2) is 18.2 Å². The topological polar surface area (TPSA) is 21.3 Å². The van der Waals surface area contributed by atoms with E-state index >= 15 is 0 Å². The van der Waals surface area contributed by atoms with Crippen LogP contribution in [0.2, 0.25) is 0 Å². The van der Waals surface area contributed by atoms with Crippen LogP contribution in [-0.4, -0.2) is 12.6 Å². The van der Waals surface area contributed by atoms with Gasteiger partial charge in [-0.15, -0.1) is 0 Å². The molecular formula is C17H27NO. The Morgan fingerprint density at radius 1 is 1.32 bits per heavy atom. The minimum absolute atomic E-state index is 0.175. The maximum Gasteiger partial charge on any atom is 0.124 e. The van der Waals surface area contributed by atoms with Crippen LogP contribution in [0.1, 0.15) is 57.7 Å². The van der Waals surface area contributed by atoms with Gasteiger partial charge in [0.1, 0.15) is 11.9 Å². The summed E-state index contributed by atoms with van der Waals surface area (Å²) in [7, 11) is 0. The Balaban J connectivity index is 2.29. The maximum absolute atomic E-state index is 6.22. The van der Waals surface area contributed by atoms with E-state index in [4.69, 9.17) is 4.74 Å². The van der Waals surface area contributed by atoms with Crippen LogP contribution in [-0.2, 0) is 0 Å². The van der Waals surface area contributed by atoms with Gasteiger partial charge < -0.3 is 10.1 Å². The predicted octanol–water partition coefficient (Wildman–Crippen LogP) is 4.23. The number of aryl methyl sites for hydroxylation is 1. The first-order chi connectivity index (χ1) is 8.91. The summed E-state index contributed by atoms with van der Waals surface area (Å²) in [6.07, 6.45) is 2.50. The molecule has 1 aromatic rings. The molecule has 0 amide bonds. The van der Waals surface area contributed by atoms with Crippen LogP contribution in [0.3, 0.4) is 0 Å². The number of benzene rings is 1. The molecule has 2 heteroatoms. The molecule has 2 rings (SSSR count). The SMILES string of the molecule is CCCNC1CC(C(C)(C)C)Oc2ccc(C)cc21. The van der Waals surface area contributed by atoms with E-state index in [1.54, 1.807) is 0 Å². The minimum Gasteiger partial charge on any atom is -0.489 e. The molecule has 2 atom stereocenters. The second kappa shape index (κ2) is 5.54. The summed E-state index contributed by atoms with van der Waals surface area (Å²) >= 11 is 0. The molecule has 0 aliphatic carbocycles. The van der Waals surface area contributed by atoms with Gasteiger partial charge in [-0.3, -0.25) is 0 Å². The van der Waals surface area contributed by atoms with Crippen LogP contribution in [0.4, 0.5) is 0 Å². The molecule has 0 saturated heterocycles. The molecule has 0 spiro atoms. The fourth-order valence-electron chi connectivity index (χ4n) is 2.63. The summed E-state index contributed by atoms with van der Waals surface area (Å²) in [6, 6.07) is 6.96. The summed E-state index contributed by atoms with van der Waals surface area (Å²) in [4.78, 5) is 0. The monoisotopic (exact) mass is 261 g/mol. The number of rotatable bonds is 3. The van der Waals surface area contributed by atoms with E-state index in [1.165, 1.54) is 17.5 Å². The lowest BCUT2D eigenvalue weighted by Crippen LogP contribution is -2.40. The Hall–Kier alpha value is -1.02. The second-order valence-corrected chi connectivity index (χ2v) is 6.76.